The minimum atomic E-state index is 0.148. The molecule has 0 bridgehead atoms. The molecular weight excluding hydrogens is 296 g/mol. The van der Waals surface area contributed by atoms with Gasteiger partial charge in [-0.3, -0.25) is 4.98 Å². The molecule has 1 atom stereocenters. The lowest BCUT2D eigenvalue weighted by Crippen LogP contribution is -2.05. The van der Waals surface area contributed by atoms with Crippen LogP contribution in [0.15, 0.2) is 42.6 Å². The summed E-state index contributed by atoms with van der Waals surface area (Å²) >= 11 is 0. The van der Waals surface area contributed by atoms with Gasteiger partial charge in [0.15, 0.2) is 5.82 Å². The van der Waals surface area contributed by atoms with Crippen molar-refractivity contribution in [2.45, 2.75) is 47.5 Å². The van der Waals surface area contributed by atoms with E-state index in [4.69, 9.17) is 5.73 Å². The number of fused-ring (bicyclic) bond motifs is 1. The predicted octanol–water partition coefficient (Wildman–Crippen LogP) is 5.12. The second-order valence-electron chi connectivity index (χ2n) is 4.97. The Hall–Kier alpha value is -2.49. The first-order valence-corrected chi connectivity index (χ1v) is 8.60. The molecule has 0 aliphatic heterocycles. The van der Waals surface area contributed by atoms with E-state index in [1.54, 1.807) is 0 Å². The summed E-state index contributed by atoms with van der Waals surface area (Å²) in [4.78, 5) is 4.24. The summed E-state index contributed by atoms with van der Waals surface area (Å²) in [5, 5.41) is 10.4. The van der Waals surface area contributed by atoms with Crippen molar-refractivity contribution < 1.29 is 0 Å². The molecule has 0 saturated heterocycles. The Labute approximate surface area is 145 Å². The molecule has 2 N–H and O–H groups in total. The molecule has 0 amide bonds. The highest BCUT2D eigenvalue weighted by Crippen LogP contribution is 2.29. The van der Waals surface area contributed by atoms with Gasteiger partial charge in [0.25, 0.3) is 0 Å². The van der Waals surface area contributed by atoms with Crippen LogP contribution >= 0.6 is 0 Å². The first kappa shape index (κ1) is 19.6. The monoisotopic (exact) mass is 324 g/mol. The van der Waals surface area contributed by atoms with Gasteiger partial charge in [0.05, 0.1) is 5.69 Å². The first-order chi connectivity index (χ1) is 11.7. The van der Waals surface area contributed by atoms with Crippen LogP contribution in [-0.4, -0.2) is 15.2 Å². The van der Waals surface area contributed by atoms with E-state index in [1.807, 2.05) is 71.1 Å². The maximum atomic E-state index is 5.90. The largest absolute Gasteiger partial charge is 0.382 e. The van der Waals surface area contributed by atoms with Crippen LogP contribution in [0.1, 0.15) is 57.5 Å². The van der Waals surface area contributed by atoms with Gasteiger partial charge in [-0.05, 0) is 24.6 Å². The standard InChI is InChI=1S/C16H16N4.2C2H6/c1-10-9-12(7-8-18-10)11(2)15-13-5-3-4-6-14(13)16(17)20-19-15;2*1-2/h3-9,11H,1-2H3,(H2,17,20);2*1-2H3. The van der Waals surface area contributed by atoms with E-state index in [0.29, 0.717) is 5.82 Å². The average Bonchev–Trinajstić information content (AvgIpc) is 2.65. The molecule has 128 valence electrons. The number of benzene rings is 1. The summed E-state index contributed by atoms with van der Waals surface area (Å²) in [5.41, 5.74) is 9.03. The van der Waals surface area contributed by atoms with E-state index >= 15 is 0 Å². The summed E-state index contributed by atoms with van der Waals surface area (Å²) in [6, 6.07) is 12.1. The van der Waals surface area contributed by atoms with Gasteiger partial charge in [0.1, 0.15) is 0 Å². The van der Waals surface area contributed by atoms with E-state index in [2.05, 4.69) is 28.2 Å². The summed E-state index contributed by atoms with van der Waals surface area (Å²) < 4.78 is 0. The lowest BCUT2D eigenvalue weighted by atomic mass is 9.94. The Bertz CT molecular complexity index is 768. The minimum absolute atomic E-state index is 0.148. The van der Waals surface area contributed by atoms with Crippen molar-refractivity contribution in [1.82, 2.24) is 15.2 Å². The highest BCUT2D eigenvalue weighted by Gasteiger charge is 2.15. The normalized spacial score (nSPS) is 10.9. The van der Waals surface area contributed by atoms with Gasteiger partial charge in [-0.25, -0.2) is 0 Å². The van der Waals surface area contributed by atoms with Gasteiger partial charge in [0, 0.05) is 28.6 Å². The van der Waals surface area contributed by atoms with Gasteiger partial charge >= 0.3 is 0 Å². The molecule has 0 aliphatic carbocycles. The fourth-order valence-electron chi connectivity index (χ4n) is 2.46. The molecule has 1 aromatic carbocycles. The maximum Gasteiger partial charge on any atom is 0.153 e. The minimum Gasteiger partial charge on any atom is -0.382 e. The number of pyridine rings is 1. The van der Waals surface area contributed by atoms with E-state index in [0.717, 1.165) is 22.2 Å². The molecular formula is C20H28N4. The molecule has 0 radical (unpaired) electrons. The van der Waals surface area contributed by atoms with Crippen LogP contribution in [0, 0.1) is 6.92 Å². The summed E-state index contributed by atoms with van der Waals surface area (Å²) in [6.45, 7) is 12.1. The predicted molar refractivity (Wildman–Crippen MR) is 103 cm³/mol. The van der Waals surface area contributed by atoms with Crippen molar-refractivity contribution >= 4 is 16.6 Å². The molecule has 3 rings (SSSR count). The van der Waals surface area contributed by atoms with Gasteiger partial charge in [-0.2, -0.15) is 5.10 Å². The van der Waals surface area contributed by atoms with Crippen LogP contribution in [0.3, 0.4) is 0 Å². The third kappa shape index (κ3) is 4.28. The van der Waals surface area contributed by atoms with Crippen molar-refractivity contribution in [2.75, 3.05) is 5.73 Å². The van der Waals surface area contributed by atoms with Gasteiger partial charge < -0.3 is 5.73 Å². The highest BCUT2D eigenvalue weighted by atomic mass is 15.1. The quantitative estimate of drug-likeness (QED) is 0.710. The number of nitrogens with zero attached hydrogens (tertiary/aromatic N) is 3. The smallest absolute Gasteiger partial charge is 0.153 e. The molecule has 0 saturated carbocycles. The van der Waals surface area contributed by atoms with E-state index in [-0.39, 0.29) is 5.92 Å². The third-order valence-corrected chi connectivity index (χ3v) is 3.58. The zero-order valence-corrected chi connectivity index (χ0v) is 15.5. The Morgan fingerprint density at radius 1 is 0.917 bits per heavy atom. The van der Waals surface area contributed by atoms with Crippen LogP contribution in [-0.2, 0) is 0 Å². The van der Waals surface area contributed by atoms with Gasteiger partial charge in [-0.1, -0.05) is 58.9 Å². The molecule has 24 heavy (non-hydrogen) atoms. The zero-order valence-electron chi connectivity index (χ0n) is 15.5. The van der Waals surface area contributed by atoms with Crippen LogP contribution in [0.4, 0.5) is 5.82 Å². The van der Waals surface area contributed by atoms with Crippen LogP contribution in [0.5, 0.6) is 0 Å². The Morgan fingerprint density at radius 2 is 1.54 bits per heavy atom. The molecule has 0 aliphatic rings. The number of rotatable bonds is 2. The van der Waals surface area contributed by atoms with Crippen LogP contribution < -0.4 is 5.73 Å². The molecule has 2 aromatic heterocycles. The Morgan fingerprint density at radius 3 is 2.17 bits per heavy atom. The number of anilines is 1. The summed E-state index contributed by atoms with van der Waals surface area (Å²) in [5.74, 6) is 0.622. The number of aromatic nitrogens is 3. The van der Waals surface area contributed by atoms with E-state index < -0.39 is 0 Å². The molecule has 0 fully saturated rings. The highest BCUT2D eigenvalue weighted by molar-refractivity contribution is 5.92. The van der Waals surface area contributed by atoms with Gasteiger partial charge in [0.2, 0.25) is 0 Å². The van der Waals surface area contributed by atoms with Crippen LogP contribution in [0.2, 0.25) is 0 Å². The lowest BCUT2D eigenvalue weighted by Gasteiger charge is -2.14. The lowest BCUT2D eigenvalue weighted by molar-refractivity contribution is 0.837. The third-order valence-electron chi connectivity index (χ3n) is 3.58. The summed E-state index contributed by atoms with van der Waals surface area (Å²) in [6.07, 6.45) is 1.83. The molecule has 4 heteroatoms. The van der Waals surface area contributed by atoms with Crippen molar-refractivity contribution in [3.05, 3.63) is 59.5 Å². The topological polar surface area (TPSA) is 64.7 Å². The van der Waals surface area contributed by atoms with E-state index in [1.165, 1.54) is 5.56 Å². The van der Waals surface area contributed by atoms with Crippen molar-refractivity contribution in [2.24, 2.45) is 0 Å². The molecule has 3 aromatic rings. The van der Waals surface area contributed by atoms with Crippen molar-refractivity contribution in [1.29, 1.82) is 0 Å². The maximum absolute atomic E-state index is 5.90. The number of nitrogen functional groups attached to an aromatic ring is 1. The fraction of sp³-hybridized carbons (Fsp3) is 0.350. The number of hydrogen-bond donors (Lipinski definition) is 1. The zero-order chi connectivity index (χ0) is 18.1. The number of aryl methyl sites for hydroxylation is 1. The Balaban J connectivity index is 0.000000671. The molecule has 2 heterocycles. The molecule has 4 nitrogen and oxygen atoms in total. The first-order valence-electron chi connectivity index (χ1n) is 8.60. The van der Waals surface area contributed by atoms with E-state index in [9.17, 15) is 0 Å². The number of nitrogens with two attached hydrogens (primary N) is 1. The van der Waals surface area contributed by atoms with Crippen molar-refractivity contribution in [3.8, 4) is 0 Å². The fourth-order valence-corrected chi connectivity index (χ4v) is 2.46. The molecule has 1 unspecified atom stereocenters. The van der Waals surface area contributed by atoms with Gasteiger partial charge in [-0.15, -0.1) is 5.10 Å². The van der Waals surface area contributed by atoms with Crippen LogP contribution in [0.25, 0.3) is 10.8 Å². The number of hydrogen-bond acceptors (Lipinski definition) is 4. The average molecular weight is 324 g/mol. The summed E-state index contributed by atoms with van der Waals surface area (Å²) in [7, 11) is 0. The Kier molecular flexibility index (Phi) is 7.83. The van der Waals surface area contributed by atoms with Crippen molar-refractivity contribution in [3.63, 3.8) is 0 Å². The molecule has 0 spiro atoms. The SMILES string of the molecule is CC.CC.Cc1cc(C(C)c2nnc(N)c3ccccc23)ccn1. The second kappa shape index (κ2) is 9.60. The second-order valence-corrected chi connectivity index (χ2v) is 4.97.